The average Bonchev–Trinajstić information content (AvgIpc) is 3.20. The number of rotatable bonds is 0. The molecule has 2 nitrogen and oxygen atoms in total. The van der Waals surface area contributed by atoms with E-state index in [2.05, 4.69) is 95.6 Å². The number of benzene rings is 5. The van der Waals surface area contributed by atoms with E-state index in [9.17, 15) is 4.79 Å². The Morgan fingerprint density at radius 2 is 1.06 bits per heavy atom. The molecule has 0 saturated carbocycles. The van der Waals surface area contributed by atoms with Gasteiger partial charge in [0.05, 0.1) is 22.1 Å². The second-order valence-corrected chi connectivity index (χ2v) is 9.24. The van der Waals surface area contributed by atoms with E-state index in [1.807, 2.05) is 24.3 Å². The highest BCUT2D eigenvalue weighted by atomic mass is 16.1. The first-order valence-corrected chi connectivity index (χ1v) is 11.7. The zero-order chi connectivity index (χ0) is 22.4. The molecule has 6 aromatic rings. The summed E-state index contributed by atoms with van der Waals surface area (Å²) in [6.45, 7) is 0. The Hall–Kier alpha value is -4.43. The number of pyridine rings is 1. The van der Waals surface area contributed by atoms with E-state index in [0.29, 0.717) is 0 Å². The van der Waals surface area contributed by atoms with Crippen LogP contribution in [0.1, 0.15) is 22.3 Å². The molecule has 1 aliphatic carbocycles. The van der Waals surface area contributed by atoms with Crippen molar-refractivity contribution in [2.24, 2.45) is 0 Å². The van der Waals surface area contributed by atoms with Crippen LogP contribution in [0.25, 0.3) is 38.6 Å². The van der Waals surface area contributed by atoms with Crippen LogP contribution in [0.2, 0.25) is 0 Å². The molecule has 0 bridgehead atoms. The van der Waals surface area contributed by atoms with Gasteiger partial charge in [-0.15, -0.1) is 0 Å². The van der Waals surface area contributed by atoms with Gasteiger partial charge in [-0.1, -0.05) is 91.0 Å². The topological polar surface area (TPSA) is 22.0 Å². The predicted octanol–water partition coefficient (Wildman–Crippen LogP) is 6.82. The second kappa shape index (κ2) is 6.12. The number of hydrogen-bond donors (Lipinski definition) is 0. The third-order valence-corrected chi connectivity index (χ3v) is 7.80. The lowest BCUT2D eigenvalue weighted by Crippen LogP contribution is -2.34. The van der Waals surface area contributed by atoms with Gasteiger partial charge in [0.15, 0.2) is 5.43 Å². The number of fused-ring (bicyclic) bond motifs is 11. The number of hydrogen-bond acceptors (Lipinski definition) is 1. The third-order valence-electron chi connectivity index (χ3n) is 7.80. The molecular formula is C32H19NO. The van der Waals surface area contributed by atoms with E-state index in [1.54, 1.807) is 0 Å². The smallest absolute Gasteiger partial charge is 0.197 e. The number of para-hydroxylation sites is 3. The molecule has 8 rings (SSSR count). The van der Waals surface area contributed by atoms with Crippen molar-refractivity contribution in [1.29, 1.82) is 0 Å². The Balaban J connectivity index is 1.72. The molecule has 0 radical (unpaired) electrons. The van der Waals surface area contributed by atoms with E-state index < -0.39 is 5.41 Å². The van der Waals surface area contributed by atoms with Crippen LogP contribution in [-0.2, 0) is 5.41 Å². The van der Waals surface area contributed by atoms with Crippen LogP contribution in [-0.4, -0.2) is 4.57 Å². The number of aromatic nitrogens is 1. The molecular weight excluding hydrogens is 414 g/mol. The highest BCUT2D eigenvalue weighted by Crippen LogP contribution is 2.59. The Labute approximate surface area is 196 Å². The molecule has 2 aliphatic rings. The monoisotopic (exact) mass is 433 g/mol. The van der Waals surface area contributed by atoms with Gasteiger partial charge < -0.3 is 4.57 Å². The van der Waals surface area contributed by atoms with Crippen LogP contribution in [0.4, 0.5) is 0 Å². The van der Waals surface area contributed by atoms with Gasteiger partial charge in [-0.2, -0.15) is 0 Å². The summed E-state index contributed by atoms with van der Waals surface area (Å²) in [5.41, 5.74) is 10.2. The van der Waals surface area contributed by atoms with Crippen molar-refractivity contribution in [2.45, 2.75) is 5.41 Å². The average molecular weight is 434 g/mol. The third kappa shape index (κ3) is 1.89. The minimum absolute atomic E-state index is 0.0952. The fraction of sp³-hybridized carbons (Fsp3) is 0.0312. The van der Waals surface area contributed by atoms with Crippen LogP contribution in [0.3, 0.4) is 0 Å². The Morgan fingerprint density at radius 3 is 1.82 bits per heavy atom. The van der Waals surface area contributed by atoms with Gasteiger partial charge >= 0.3 is 0 Å². The van der Waals surface area contributed by atoms with Crippen molar-refractivity contribution in [3.05, 3.63) is 148 Å². The Morgan fingerprint density at radius 1 is 0.500 bits per heavy atom. The minimum atomic E-state index is -0.474. The van der Waals surface area contributed by atoms with Crippen molar-refractivity contribution in [3.8, 4) is 16.8 Å². The molecule has 1 aromatic heterocycles. The SMILES string of the molecule is O=c1c2ccccc2n2c3c(cccc13)C1(c3ccccc3-c3ccccc31)c1ccccc1-2. The molecule has 1 spiro atoms. The predicted molar refractivity (Wildman–Crippen MR) is 138 cm³/mol. The van der Waals surface area contributed by atoms with Gasteiger partial charge in [-0.25, -0.2) is 0 Å². The lowest BCUT2D eigenvalue weighted by Gasteiger charge is -2.40. The van der Waals surface area contributed by atoms with Gasteiger partial charge in [0, 0.05) is 10.8 Å². The van der Waals surface area contributed by atoms with Crippen molar-refractivity contribution >= 4 is 21.8 Å². The summed E-state index contributed by atoms with van der Waals surface area (Å²) in [5.74, 6) is 0. The van der Waals surface area contributed by atoms with E-state index in [1.165, 1.54) is 33.4 Å². The van der Waals surface area contributed by atoms with Gasteiger partial charge in [-0.3, -0.25) is 4.79 Å². The minimum Gasteiger partial charge on any atom is -0.308 e. The Kier molecular flexibility index (Phi) is 3.25. The summed E-state index contributed by atoms with van der Waals surface area (Å²) in [7, 11) is 0. The standard InChI is InChI=1S/C32H19NO/c34-31-22-12-3-7-18-28(22)33-29-19-8-6-16-26(29)32(27-17-9-13-23(31)30(27)33)24-14-4-1-10-20(24)21-11-2-5-15-25(21)32/h1-19H. The zero-order valence-electron chi connectivity index (χ0n) is 18.3. The molecule has 5 aromatic carbocycles. The normalized spacial score (nSPS) is 14.2. The van der Waals surface area contributed by atoms with Crippen LogP contribution >= 0.6 is 0 Å². The van der Waals surface area contributed by atoms with E-state index in [0.717, 1.165) is 27.5 Å². The highest BCUT2D eigenvalue weighted by Gasteiger charge is 2.50. The maximum Gasteiger partial charge on any atom is 0.197 e. The second-order valence-electron chi connectivity index (χ2n) is 9.24. The van der Waals surface area contributed by atoms with Crippen LogP contribution < -0.4 is 5.43 Å². The molecule has 0 amide bonds. The van der Waals surface area contributed by atoms with E-state index in [4.69, 9.17) is 0 Å². The summed E-state index contributed by atoms with van der Waals surface area (Å²) < 4.78 is 2.31. The van der Waals surface area contributed by atoms with Gasteiger partial charge in [-0.05, 0) is 57.6 Å². The molecule has 2 heterocycles. The maximum atomic E-state index is 13.7. The molecule has 1 aliphatic heterocycles. The van der Waals surface area contributed by atoms with Crippen LogP contribution in [0.15, 0.2) is 120 Å². The molecule has 2 heteroatoms. The van der Waals surface area contributed by atoms with Crippen LogP contribution in [0.5, 0.6) is 0 Å². The molecule has 34 heavy (non-hydrogen) atoms. The number of nitrogens with zero attached hydrogens (tertiary/aromatic N) is 1. The molecule has 158 valence electrons. The molecule has 0 N–H and O–H groups in total. The first-order valence-electron chi connectivity index (χ1n) is 11.7. The van der Waals surface area contributed by atoms with Crippen LogP contribution in [0, 0.1) is 0 Å². The first-order chi connectivity index (χ1) is 16.8. The fourth-order valence-corrected chi connectivity index (χ4v) is 6.59. The van der Waals surface area contributed by atoms with Crippen molar-refractivity contribution in [1.82, 2.24) is 4.57 Å². The summed E-state index contributed by atoms with van der Waals surface area (Å²) in [5, 5.41) is 1.53. The Bertz CT molecular complexity index is 1850. The first kappa shape index (κ1) is 18.0. The van der Waals surface area contributed by atoms with Crippen molar-refractivity contribution < 1.29 is 0 Å². The molecule has 0 fully saturated rings. The quantitative estimate of drug-likeness (QED) is 0.241. The highest BCUT2D eigenvalue weighted by molar-refractivity contribution is 6.02. The van der Waals surface area contributed by atoms with Crippen molar-refractivity contribution in [3.63, 3.8) is 0 Å². The molecule has 0 saturated heterocycles. The van der Waals surface area contributed by atoms with Crippen molar-refractivity contribution in [2.75, 3.05) is 0 Å². The molecule has 0 atom stereocenters. The molecule has 0 unspecified atom stereocenters. The summed E-state index contributed by atoms with van der Waals surface area (Å²) in [4.78, 5) is 13.7. The maximum absolute atomic E-state index is 13.7. The summed E-state index contributed by atoms with van der Waals surface area (Å²) in [6.07, 6.45) is 0. The summed E-state index contributed by atoms with van der Waals surface area (Å²) >= 11 is 0. The summed E-state index contributed by atoms with van der Waals surface area (Å²) in [6, 6.07) is 40.5. The van der Waals surface area contributed by atoms with E-state index in [-0.39, 0.29) is 5.43 Å². The van der Waals surface area contributed by atoms with Gasteiger partial charge in [0.25, 0.3) is 0 Å². The largest absolute Gasteiger partial charge is 0.308 e. The zero-order valence-corrected chi connectivity index (χ0v) is 18.3. The van der Waals surface area contributed by atoms with E-state index >= 15 is 0 Å². The van der Waals surface area contributed by atoms with Gasteiger partial charge in [0.2, 0.25) is 0 Å². The lowest BCUT2D eigenvalue weighted by atomic mass is 9.65. The fourth-order valence-electron chi connectivity index (χ4n) is 6.59. The lowest BCUT2D eigenvalue weighted by molar-refractivity contribution is 0.747. The van der Waals surface area contributed by atoms with Gasteiger partial charge in [0.1, 0.15) is 0 Å².